The molecule has 0 saturated carbocycles. The number of aromatic nitrogens is 2. The summed E-state index contributed by atoms with van der Waals surface area (Å²) in [6.45, 7) is 0. The van der Waals surface area contributed by atoms with Gasteiger partial charge in [0.2, 0.25) is 5.56 Å². The van der Waals surface area contributed by atoms with E-state index >= 15 is 4.39 Å². The summed E-state index contributed by atoms with van der Waals surface area (Å²) in [5, 5.41) is 1.89. The van der Waals surface area contributed by atoms with Gasteiger partial charge in [-0.25, -0.2) is 8.78 Å². The van der Waals surface area contributed by atoms with Gasteiger partial charge < -0.3 is 16.0 Å². The highest BCUT2D eigenvalue weighted by atomic mass is 35.5. The molecule has 0 spiro atoms. The lowest BCUT2D eigenvalue weighted by molar-refractivity contribution is -0.141. The van der Waals surface area contributed by atoms with Crippen LogP contribution in [0.5, 0.6) is 0 Å². The fraction of sp³-hybridized carbons (Fsp3) is 0.0417. The maximum atomic E-state index is 15.4. The Balaban J connectivity index is 1.76. The predicted molar refractivity (Wildman–Crippen MR) is 124 cm³/mol. The first kappa shape index (κ1) is 24.9. The van der Waals surface area contributed by atoms with Gasteiger partial charge in [0, 0.05) is 29.7 Å². The highest BCUT2D eigenvalue weighted by Crippen LogP contribution is 2.39. The normalized spacial score (nSPS) is 11.4. The van der Waals surface area contributed by atoms with Crippen LogP contribution in [0.25, 0.3) is 22.3 Å². The third-order valence-corrected chi connectivity index (χ3v) is 5.45. The number of aromatic amines is 1. The minimum absolute atomic E-state index is 0.158. The van der Waals surface area contributed by atoms with Crippen molar-refractivity contribution in [1.29, 1.82) is 0 Å². The van der Waals surface area contributed by atoms with E-state index in [0.29, 0.717) is 11.6 Å². The SMILES string of the molecule is Nc1c(F)c(-c2ccc(F)cc2-c2ccc(=O)[nH]c2)cc(Cl)c1C(=O)Nc1ccnc(C(F)(F)F)c1. The Morgan fingerprint density at radius 3 is 2.42 bits per heavy atom. The summed E-state index contributed by atoms with van der Waals surface area (Å²) in [5.41, 5.74) is 3.35. The predicted octanol–water partition coefficient (Wildman–Crippen LogP) is 5.89. The van der Waals surface area contributed by atoms with Crippen LogP contribution in [-0.4, -0.2) is 15.9 Å². The Morgan fingerprint density at radius 2 is 1.75 bits per heavy atom. The Hall–Kier alpha value is -4.25. The smallest absolute Gasteiger partial charge is 0.396 e. The largest absolute Gasteiger partial charge is 0.433 e. The number of nitrogens with two attached hydrogens (primary N) is 1. The van der Waals surface area contributed by atoms with Crippen LogP contribution < -0.4 is 16.6 Å². The van der Waals surface area contributed by atoms with Crippen molar-refractivity contribution in [3.05, 3.63) is 99.2 Å². The van der Waals surface area contributed by atoms with Crippen LogP contribution in [0, 0.1) is 11.6 Å². The van der Waals surface area contributed by atoms with Gasteiger partial charge in [-0.2, -0.15) is 13.2 Å². The van der Waals surface area contributed by atoms with Gasteiger partial charge in [0.25, 0.3) is 5.91 Å². The first-order chi connectivity index (χ1) is 17.0. The topological polar surface area (TPSA) is 101 Å². The van der Waals surface area contributed by atoms with E-state index in [1.54, 1.807) is 0 Å². The molecule has 6 nitrogen and oxygen atoms in total. The van der Waals surface area contributed by atoms with E-state index < -0.39 is 46.2 Å². The molecule has 0 saturated heterocycles. The molecule has 4 rings (SSSR count). The zero-order valence-corrected chi connectivity index (χ0v) is 18.6. The zero-order valence-electron chi connectivity index (χ0n) is 17.9. The van der Waals surface area contributed by atoms with Crippen molar-refractivity contribution in [2.24, 2.45) is 0 Å². The van der Waals surface area contributed by atoms with Gasteiger partial charge in [-0.15, -0.1) is 0 Å². The van der Waals surface area contributed by atoms with E-state index in [9.17, 15) is 27.2 Å². The molecule has 4 aromatic rings. The molecule has 0 atom stereocenters. The summed E-state index contributed by atoms with van der Waals surface area (Å²) in [6, 6.07) is 8.89. The number of alkyl halides is 3. The summed E-state index contributed by atoms with van der Waals surface area (Å²) in [5.74, 6) is -2.75. The Kier molecular flexibility index (Phi) is 6.51. The molecule has 36 heavy (non-hydrogen) atoms. The number of pyridine rings is 2. The van der Waals surface area contributed by atoms with Crippen LogP contribution in [0.1, 0.15) is 16.1 Å². The van der Waals surface area contributed by atoms with Gasteiger partial charge in [0.05, 0.1) is 16.3 Å². The maximum Gasteiger partial charge on any atom is 0.433 e. The molecule has 0 radical (unpaired) electrons. The molecule has 184 valence electrons. The molecule has 1 amide bonds. The fourth-order valence-corrected chi connectivity index (χ4v) is 3.79. The standard InChI is InChI=1S/C24H14ClF5N4O2/c25-17-9-16(14-3-2-12(26)7-15(14)11-1-4-19(35)33-10-11)21(27)22(31)20(17)23(36)34-13-5-6-32-18(8-13)24(28,29)30/h1-10H,31H2,(H,33,35)(H,32,34,36). The van der Waals surface area contributed by atoms with Crippen molar-refractivity contribution in [3.8, 4) is 22.3 Å². The molecule has 0 fully saturated rings. The van der Waals surface area contributed by atoms with Crippen molar-refractivity contribution in [2.45, 2.75) is 6.18 Å². The van der Waals surface area contributed by atoms with Crippen LogP contribution in [0.4, 0.5) is 33.3 Å². The maximum absolute atomic E-state index is 15.4. The van der Waals surface area contributed by atoms with E-state index in [1.807, 2.05) is 0 Å². The molecule has 2 aromatic carbocycles. The highest BCUT2D eigenvalue weighted by Gasteiger charge is 2.33. The van der Waals surface area contributed by atoms with E-state index in [2.05, 4.69) is 15.3 Å². The second-order valence-electron chi connectivity index (χ2n) is 7.52. The van der Waals surface area contributed by atoms with Gasteiger partial charge in [0.1, 0.15) is 11.5 Å². The third kappa shape index (κ3) is 4.91. The van der Waals surface area contributed by atoms with Crippen molar-refractivity contribution in [2.75, 3.05) is 11.1 Å². The number of anilines is 2. The minimum atomic E-state index is -4.75. The molecule has 0 aliphatic heterocycles. The van der Waals surface area contributed by atoms with Gasteiger partial charge in [-0.1, -0.05) is 17.7 Å². The number of nitrogens with one attached hydrogen (secondary N) is 2. The van der Waals surface area contributed by atoms with E-state index in [-0.39, 0.29) is 27.4 Å². The number of hydrogen-bond donors (Lipinski definition) is 3. The summed E-state index contributed by atoms with van der Waals surface area (Å²) < 4.78 is 68.2. The van der Waals surface area contributed by atoms with Crippen LogP contribution in [-0.2, 0) is 6.18 Å². The molecular weight excluding hydrogens is 507 g/mol. The lowest BCUT2D eigenvalue weighted by Gasteiger charge is -2.16. The number of amides is 1. The number of benzene rings is 2. The second kappa shape index (κ2) is 9.42. The van der Waals surface area contributed by atoms with Gasteiger partial charge in [-0.3, -0.25) is 14.6 Å². The number of rotatable bonds is 4. The lowest BCUT2D eigenvalue weighted by atomic mass is 9.93. The van der Waals surface area contributed by atoms with Crippen molar-refractivity contribution in [3.63, 3.8) is 0 Å². The van der Waals surface area contributed by atoms with Crippen molar-refractivity contribution in [1.82, 2.24) is 9.97 Å². The Labute approximate surface area is 204 Å². The molecule has 2 heterocycles. The minimum Gasteiger partial charge on any atom is -0.396 e. The summed E-state index contributed by atoms with van der Waals surface area (Å²) in [4.78, 5) is 29.8. The van der Waals surface area contributed by atoms with E-state index in [4.69, 9.17) is 17.3 Å². The van der Waals surface area contributed by atoms with Crippen molar-refractivity contribution >= 4 is 28.9 Å². The first-order valence-corrected chi connectivity index (χ1v) is 10.4. The molecule has 4 N–H and O–H groups in total. The quantitative estimate of drug-likeness (QED) is 0.231. The van der Waals surface area contributed by atoms with E-state index in [0.717, 1.165) is 30.5 Å². The lowest BCUT2D eigenvalue weighted by Crippen LogP contribution is -2.17. The molecule has 2 aromatic heterocycles. The first-order valence-electron chi connectivity index (χ1n) is 10.1. The van der Waals surface area contributed by atoms with Crippen LogP contribution >= 0.6 is 11.6 Å². The second-order valence-corrected chi connectivity index (χ2v) is 7.93. The number of nitrogen functional groups attached to an aromatic ring is 1. The van der Waals surface area contributed by atoms with Gasteiger partial charge in [-0.05, 0) is 53.1 Å². The number of halogens is 6. The molecular formula is C24H14ClF5N4O2. The summed E-state index contributed by atoms with van der Waals surface area (Å²) in [6.07, 6.45) is -2.58. The summed E-state index contributed by atoms with van der Waals surface area (Å²) in [7, 11) is 0. The number of hydrogen-bond acceptors (Lipinski definition) is 4. The number of carbonyl (C=O) groups excluding carboxylic acids is 1. The Morgan fingerprint density at radius 1 is 1.00 bits per heavy atom. The zero-order chi connectivity index (χ0) is 26.2. The number of carbonyl (C=O) groups is 1. The van der Waals surface area contributed by atoms with Gasteiger partial charge >= 0.3 is 6.18 Å². The molecule has 0 aliphatic rings. The summed E-state index contributed by atoms with van der Waals surface area (Å²) >= 11 is 6.25. The molecule has 0 bridgehead atoms. The van der Waals surface area contributed by atoms with E-state index in [1.165, 1.54) is 24.4 Å². The third-order valence-electron chi connectivity index (χ3n) is 5.15. The number of nitrogens with zero attached hydrogens (tertiary/aromatic N) is 1. The average molecular weight is 521 g/mol. The number of H-pyrrole nitrogens is 1. The molecule has 0 unspecified atom stereocenters. The average Bonchev–Trinajstić information content (AvgIpc) is 2.82. The Bertz CT molecular complexity index is 1530. The monoisotopic (exact) mass is 520 g/mol. The highest BCUT2D eigenvalue weighted by molar-refractivity contribution is 6.35. The van der Waals surface area contributed by atoms with Crippen LogP contribution in [0.2, 0.25) is 5.02 Å². The van der Waals surface area contributed by atoms with Crippen LogP contribution in [0.3, 0.4) is 0 Å². The van der Waals surface area contributed by atoms with Crippen molar-refractivity contribution < 1.29 is 26.7 Å². The molecule has 12 heteroatoms. The fourth-order valence-electron chi connectivity index (χ4n) is 3.50. The van der Waals surface area contributed by atoms with Crippen LogP contribution in [0.15, 0.2) is 65.7 Å². The van der Waals surface area contributed by atoms with Gasteiger partial charge in [0.15, 0.2) is 5.82 Å². The molecule has 0 aliphatic carbocycles.